The number of allylic oxidation sites excluding steroid dienone is 3. The average molecular weight is 563 g/mol. The molecule has 7 aromatic carbocycles. The first kappa shape index (κ1) is 26.4. The van der Waals surface area contributed by atoms with Crippen molar-refractivity contribution >= 4 is 37.9 Å². The predicted octanol–water partition coefficient (Wildman–Crippen LogP) is 12.4. The molecule has 0 aliphatic heterocycles. The fourth-order valence-corrected chi connectivity index (χ4v) is 7.75. The fourth-order valence-electron chi connectivity index (χ4n) is 7.75. The Morgan fingerprint density at radius 2 is 1.07 bits per heavy atom. The topological polar surface area (TPSA) is 0 Å². The summed E-state index contributed by atoms with van der Waals surface area (Å²) in [6.45, 7) is 11.0. The van der Waals surface area contributed by atoms with Gasteiger partial charge in [-0.15, -0.1) is 0 Å². The van der Waals surface area contributed by atoms with Crippen molar-refractivity contribution in [3.8, 4) is 33.4 Å². The maximum atomic E-state index is 4.15. The summed E-state index contributed by atoms with van der Waals surface area (Å²) in [7, 11) is 0. The second-order valence-electron chi connectivity index (χ2n) is 12.4. The van der Waals surface area contributed by atoms with E-state index in [1.807, 2.05) is 6.08 Å². The quantitative estimate of drug-likeness (QED) is 0.148. The van der Waals surface area contributed by atoms with E-state index in [0.717, 1.165) is 5.57 Å². The van der Waals surface area contributed by atoms with Gasteiger partial charge in [0.2, 0.25) is 0 Å². The van der Waals surface area contributed by atoms with Gasteiger partial charge in [-0.2, -0.15) is 0 Å². The lowest BCUT2D eigenvalue weighted by atomic mass is 9.80. The summed E-state index contributed by atoms with van der Waals surface area (Å²) in [4.78, 5) is 0. The van der Waals surface area contributed by atoms with Gasteiger partial charge in [-0.1, -0.05) is 148 Å². The highest BCUT2D eigenvalue weighted by atomic mass is 14.4. The maximum Gasteiger partial charge on any atom is 0.0159 e. The van der Waals surface area contributed by atoms with Crippen molar-refractivity contribution < 1.29 is 0 Å². The minimum atomic E-state index is -0.0692. The zero-order valence-corrected chi connectivity index (χ0v) is 25.5. The molecule has 0 nitrogen and oxygen atoms in total. The Morgan fingerprint density at radius 1 is 0.523 bits per heavy atom. The Morgan fingerprint density at radius 3 is 1.70 bits per heavy atom. The molecule has 0 saturated heterocycles. The maximum absolute atomic E-state index is 4.15. The Hall–Kier alpha value is -5.20. The van der Waals surface area contributed by atoms with Gasteiger partial charge < -0.3 is 0 Å². The number of hydrogen-bond acceptors (Lipinski definition) is 0. The highest BCUT2D eigenvalue weighted by Crippen LogP contribution is 2.53. The number of rotatable bonds is 4. The molecule has 0 spiro atoms. The van der Waals surface area contributed by atoms with E-state index in [1.165, 1.54) is 82.4 Å². The molecule has 0 aromatic heterocycles. The smallest absolute Gasteiger partial charge is 0.0159 e. The van der Waals surface area contributed by atoms with Gasteiger partial charge in [-0.05, 0) is 107 Å². The lowest BCUT2D eigenvalue weighted by Crippen LogP contribution is -2.15. The number of benzene rings is 7. The molecule has 0 atom stereocenters. The van der Waals surface area contributed by atoms with Gasteiger partial charge in [0.15, 0.2) is 0 Å². The van der Waals surface area contributed by atoms with Crippen molar-refractivity contribution in [2.24, 2.45) is 0 Å². The summed E-state index contributed by atoms with van der Waals surface area (Å²) in [5.41, 5.74) is 12.9. The normalized spacial score (nSPS) is 13.8. The van der Waals surface area contributed by atoms with Crippen LogP contribution in [0.1, 0.15) is 37.5 Å². The van der Waals surface area contributed by atoms with Crippen LogP contribution in [0, 0.1) is 0 Å². The van der Waals surface area contributed by atoms with Gasteiger partial charge in [-0.25, -0.2) is 0 Å². The first-order valence-corrected chi connectivity index (χ1v) is 15.5. The van der Waals surface area contributed by atoms with E-state index in [-0.39, 0.29) is 5.41 Å². The van der Waals surface area contributed by atoms with Crippen LogP contribution in [-0.4, -0.2) is 0 Å². The summed E-state index contributed by atoms with van der Waals surface area (Å²) in [6, 6.07) is 47.2. The highest BCUT2D eigenvalue weighted by Gasteiger charge is 2.37. The van der Waals surface area contributed by atoms with Crippen LogP contribution in [0.4, 0.5) is 0 Å². The zero-order valence-electron chi connectivity index (χ0n) is 25.5. The van der Waals surface area contributed by atoms with Gasteiger partial charge in [-0.3, -0.25) is 0 Å². The van der Waals surface area contributed by atoms with E-state index in [2.05, 4.69) is 161 Å². The largest absolute Gasteiger partial charge is 0.0985 e. The molecule has 0 radical (unpaired) electrons. The van der Waals surface area contributed by atoms with Gasteiger partial charge >= 0.3 is 0 Å². The third kappa shape index (κ3) is 3.71. The minimum absolute atomic E-state index is 0.0692. The van der Waals surface area contributed by atoms with Crippen molar-refractivity contribution in [2.45, 2.75) is 26.2 Å². The van der Waals surface area contributed by atoms with Crippen molar-refractivity contribution in [2.75, 3.05) is 0 Å². The summed E-state index contributed by atoms with van der Waals surface area (Å²) in [5, 5.41) is 7.64. The van der Waals surface area contributed by atoms with E-state index in [1.54, 1.807) is 0 Å². The molecule has 0 fully saturated rings. The molecule has 0 unspecified atom stereocenters. The third-order valence-electron chi connectivity index (χ3n) is 9.80. The summed E-state index contributed by atoms with van der Waals surface area (Å²) in [6.07, 6.45) is 4.15. The Balaban J connectivity index is 1.42. The van der Waals surface area contributed by atoms with E-state index in [0.29, 0.717) is 0 Å². The Labute approximate surface area is 259 Å². The lowest BCUT2D eigenvalue weighted by Gasteiger charge is -2.23. The highest BCUT2D eigenvalue weighted by molar-refractivity contribution is 6.19. The molecular formula is C44H34. The molecule has 8 rings (SSSR count). The lowest BCUT2D eigenvalue weighted by molar-refractivity contribution is 0.661. The summed E-state index contributed by atoms with van der Waals surface area (Å²) >= 11 is 0. The molecule has 0 saturated carbocycles. The van der Waals surface area contributed by atoms with E-state index >= 15 is 0 Å². The van der Waals surface area contributed by atoms with Gasteiger partial charge in [0, 0.05) is 5.41 Å². The van der Waals surface area contributed by atoms with Crippen molar-refractivity contribution in [3.05, 3.63) is 163 Å². The first-order chi connectivity index (χ1) is 21.5. The second kappa shape index (κ2) is 9.93. The first-order valence-electron chi connectivity index (χ1n) is 15.5. The molecule has 0 heteroatoms. The molecule has 1 aliphatic rings. The van der Waals surface area contributed by atoms with E-state index in [4.69, 9.17) is 0 Å². The third-order valence-corrected chi connectivity index (χ3v) is 9.80. The minimum Gasteiger partial charge on any atom is -0.0985 e. The van der Waals surface area contributed by atoms with Crippen molar-refractivity contribution in [1.29, 1.82) is 0 Å². The molecule has 0 bridgehead atoms. The van der Waals surface area contributed by atoms with Crippen LogP contribution in [0.3, 0.4) is 0 Å². The van der Waals surface area contributed by atoms with Crippen molar-refractivity contribution in [3.63, 3.8) is 0 Å². The standard InChI is InChI=1S/C44H34/c1-5-28(6-2)41-33-20-9-11-22-35(33)42(36-23-12-10-21-34(36)41)30-17-15-16-29(26-30)38-27-40-43(32-19-8-7-18-31(32)38)37-24-13-14-25-39(37)44(40,3)4/h5-27H,1H2,2-4H3/b28-6+. The average Bonchev–Trinajstić information content (AvgIpc) is 3.31. The molecule has 7 aromatic rings. The summed E-state index contributed by atoms with van der Waals surface area (Å²) in [5.74, 6) is 0. The van der Waals surface area contributed by atoms with Crippen LogP contribution < -0.4 is 0 Å². The zero-order chi connectivity index (χ0) is 30.0. The fraction of sp³-hybridized carbons (Fsp3) is 0.0909. The van der Waals surface area contributed by atoms with Crippen LogP contribution in [0.15, 0.2) is 146 Å². The van der Waals surface area contributed by atoms with Crippen LogP contribution >= 0.6 is 0 Å². The molecule has 0 heterocycles. The van der Waals surface area contributed by atoms with Gasteiger partial charge in [0.1, 0.15) is 0 Å². The monoisotopic (exact) mass is 562 g/mol. The molecular weight excluding hydrogens is 528 g/mol. The number of hydrogen-bond donors (Lipinski definition) is 0. The van der Waals surface area contributed by atoms with Gasteiger partial charge in [0.05, 0.1) is 0 Å². The second-order valence-corrected chi connectivity index (χ2v) is 12.4. The van der Waals surface area contributed by atoms with Crippen LogP contribution in [0.5, 0.6) is 0 Å². The molecule has 1 aliphatic carbocycles. The molecule has 44 heavy (non-hydrogen) atoms. The van der Waals surface area contributed by atoms with Crippen LogP contribution in [0.25, 0.3) is 71.3 Å². The van der Waals surface area contributed by atoms with Gasteiger partial charge in [0.25, 0.3) is 0 Å². The van der Waals surface area contributed by atoms with Crippen LogP contribution in [0.2, 0.25) is 0 Å². The summed E-state index contributed by atoms with van der Waals surface area (Å²) < 4.78 is 0. The molecule has 0 amide bonds. The van der Waals surface area contributed by atoms with E-state index in [9.17, 15) is 0 Å². The Bertz CT molecular complexity index is 2270. The van der Waals surface area contributed by atoms with Crippen molar-refractivity contribution in [1.82, 2.24) is 0 Å². The Kier molecular flexibility index (Phi) is 5.96. The SMILES string of the molecule is C=C/C(=C\C)c1c2ccccc2c(-c2cccc(-c3cc4c(c5ccccc35)-c3ccccc3C4(C)C)c2)c2ccccc12. The predicted molar refractivity (Wildman–Crippen MR) is 191 cm³/mol. The molecule has 210 valence electrons. The molecule has 0 N–H and O–H groups in total. The van der Waals surface area contributed by atoms with E-state index < -0.39 is 0 Å². The number of fused-ring (bicyclic) bond motifs is 7. The van der Waals surface area contributed by atoms with Crippen LogP contribution in [-0.2, 0) is 5.41 Å².